The van der Waals surface area contributed by atoms with Crippen molar-refractivity contribution in [3.63, 3.8) is 0 Å². The molecule has 16 heavy (non-hydrogen) atoms. The van der Waals surface area contributed by atoms with Crippen LogP contribution in [0.1, 0.15) is 23.8 Å². The van der Waals surface area contributed by atoms with Gasteiger partial charge < -0.3 is 16.2 Å². The Bertz CT molecular complexity index is 391. The lowest BCUT2D eigenvalue weighted by Gasteiger charge is -2.09. The number of nitrogens with zero attached hydrogens (tertiary/aromatic N) is 1. The zero-order valence-electron chi connectivity index (χ0n) is 8.77. The summed E-state index contributed by atoms with van der Waals surface area (Å²) in [5.74, 6) is -1.88. The number of hydrogen-bond acceptors (Lipinski definition) is 5. The van der Waals surface area contributed by atoms with Gasteiger partial charge in [0.15, 0.2) is 5.13 Å². The molecule has 0 aliphatic rings. The number of carboxylic acids is 1. The SMILES string of the molecule is CCC(CNC(=O)c1csc(N)n1)C(=O)O. The van der Waals surface area contributed by atoms with E-state index in [9.17, 15) is 9.59 Å². The minimum Gasteiger partial charge on any atom is -0.481 e. The first-order valence-corrected chi connectivity index (χ1v) is 5.64. The Morgan fingerprint density at radius 3 is 2.81 bits per heavy atom. The van der Waals surface area contributed by atoms with E-state index < -0.39 is 17.8 Å². The standard InChI is InChI=1S/C9H13N3O3S/c1-2-5(8(14)15)3-11-7(13)6-4-16-9(10)12-6/h4-5H,2-3H2,1H3,(H2,10,12)(H,11,13)(H,14,15). The lowest BCUT2D eigenvalue weighted by Crippen LogP contribution is -2.32. The Hall–Kier alpha value is -1.63. The predicted molar refractivity (Wildman–Crippen MR) is 60.3 cm³/mol. The van der Waals surface area contributed by atoms with Crippen LogP contribution in [0.5, 0.6) is 0 Å². The summed E-state index contributed by atoms with van der Waals surface area (Å²) >= 11 is 1.17. The zero-order valence-corrected chi connectivity index (χ0v) is 9.58. The molecule has 0 spiro atoms. The van der Waals surface area contributed by atoms with Crippen LogP contribution in [-0.2, 0) is 4.79 Å². The van der Waals surface area contributed by atoms with Gasteiger partial charge in [-0.3, -0.25) is 9.59 Å². The molecule has 0 saturated heterocycles. The van der Waals surface area contributed by atoms with Crippen molar-refractivity contribution in [3.05, 3.63) is 11.1 Å². The smallest absolute Gasteiger partial charge is 0.308 e. The summed E-state index contributed by atoms with van der Waals surface area (Å²) in [5, 5.41) is 13.1. The third-order valence-electron chi connectivity index (χ3n) is 2.11. The van der Waals surface area contributed by atoms with Crippen LogP contribution in [0.4, 0.5) is 5.13 Å². The van der Waals surface area contributed by atoms with E-state index in [1.807, 2.05) is 0 Å². The Morgan fingerprint density at radius 2 is 2.38 bits per heavy atom. The van der Waals surface area contributed by atoms with Crippen LogP contribution in [0.15, 0.2) is 5.38 Å². The molecule has 88 valence electrons. The fourth-order valence-corrected chi connectivity index (χ4v) is 1.65. The number of nitrogens with one attached hydrogen (secondary N) is 1. The van der Waals surface area contributed by atoms with Crippen LogP contribution in [0.3, 0.4) is 0 Å². The number of hydrogen-bond donors (Lipinski definition) is 3. The number of rotatable bonds is 5. The molecule has 1 atom stereocenters. The van der Waals surface area contributed by atoms with E-state index in [2.05, 4.69) is 10.3 Å². The highest BCUT2D eigenvalue weighted by Crippen LogP contribution is 2.10. The molecule has 4 N–H and O–H groups in total. The highest BCUT2D eigenvalue weighted by atomic mass is 32.1. The third-order valence-corrected chi connectivity index (χ3v) is 2.78. The number of anilines is 1. The molecule has 6 nitrogen and oxygen atoms in total. The maximum Gasteiger partial charge on any atom is 0.308 e. The average molecular weight is 243 g/mol. The maximum atomic E-state index is 11.5. The lowest BCUT2D eigenvalue weighted by atomic mass is 10.1. The van der Waals surface area contributed by atoms with Crippen LogP contribution in [0.2, 0.25) is 0 Å². The molecule has 0 aromatic carbocycles. The van der Waals surface area contributed by atoms with Gasteiger partial charge in [0.1, 0.15) is 5.69 Å². The summed E-state index contributed by atoms with van der Waals surface area (Å²) in [7, 11) is 0. The number of nitrogen functional groups attached to an aromatic ring is 1. The van der Waals surface area contributed by atoms with Crippen molar-refractivity contribution in [2.24, 2.45) is 5.92 Å². The molecular formula is C9H13N3O3S. The summed E-state index contributed by atoms with van der Waals surface area (Å²) in [4.78, 5) is 26.0. The number of carboxylic acid groups (broad SMARTS) is 1. The summed E-state index contributed by atoms with van der Waals surface area (Å²) in [6.45, 7) is 1.86. The van der Waals surface area contributed by atoms with Gasteiger partial charge in [-0.05, 0) is 6.42 Å². The van der Waals surface area contributed by atoms with Gasteiger partial charge in [-0.15, -0.1) is 11.3 Å². The number of thiazole rings is 1. The van der Waals surface area contributed by atoms with Crippen molar-refractivity contribution in [3.8, 4) is 0 Å². The first kappa shape index (κ1) is 12.4. The maximum absolute atomic E-state index is 11.5. The second kappa shape index (κ2) is 5.45. The fourth-order valence-electron chi connectivity index (χ4n) is 1.10. The Morgan fingerprint density at radius 1 is 1.69 bits per heavy atom. The molecule has 7 heteroatoms. The van der Waals surface area contributed by atoms with E-state index in [0.29, 0.717) is 11.6 Å². The molecule has 0 aliphatic carbocycles. The number of carbonyl (C=O) groups is 2. The molecule has 0 radical (unpaired) electrons. The van der Waals surface area contributed by atoms with Gasteiger partial charge in [0.25, 0.3) is 5.91 Å². The van der Waals surface area contributed by atoms with Crippen LogP contribution >= 0.6 is 11.3 Å². The normalized spacial score (nSPS) is 12.1. The quantitative estimate of drug-likeness (QED) is 0.701. The van der Waals surface area contributed by atoms with Gasteiger partial charge in [-0.25, -0.2) is 4.98 Å². The highest BCUT2D eigenvalue weighted by Gasteiger charge is 2.17. The molecule has 0 aliphatic heterocycles. The summed E-state index contributed by atoms with van der Waals surface area (Å²) < 4.78 is 0. The molecule has 1 rings (SSSR count). The Balaban J connectivity index is 2.49. The van der Waals surface area contributed by atoms with Crippen LogP contribution in [-0.4, -0.2) is 28.5 Å². The van der Waals surface area contributed by atoms with Gasteiger partial charge >= 0.3 is 5.97 Å². The van der Waals surface area contributed by atoms with Gasteiger partial charge in [-0.1, -0.05) is 6.92 Å². The predicted octanol–water partition coefficient (Wildman–Crippen LogP) is 0.566. The summed E-state index contributed by atoms with van der Waals surface area (Å²) in [6.07, 6.45) is 0.467. The van der Waals surface area contributed by atoms with Gasteiger partial charge in [0, 0.05) is 11.9 Å². The molecular weight excluding hydrogens is 230 g/mol. The van der Waals surface area contributed by atoms with Crippen molar-refractivity contribution in [1.82, 2.24) is 10.3 Å². The second-order valence-corrected chi connectivity index (χ2v) is 4.11. The molecule has 1 aromatic heterocycles. The number of aromatic nitrogens is 1. The number of aliphatic carboxylic acids is 1. The van der Waals surface area contributed by atoms with Crippen molar-refractivity contribution in [2.45, 2.75) is 13.3 Å². The number of carbonyl (C=O) groups excluding carboxylic acids is 1. The molecule has 0 saturated carbocycles. The van der Waals surface area contributed by atoms with Crippen molar-refractivity contribution >= 4 is 28.3 Å². The van der Waals surface area contributed by atoms with E-state index in [1.54, 1.807) is 6.92 Å². The molecule has 1 aromatic rings. The Kier molecular flexibility index (Phi) is 4.24. The highest BCUT2D eigenvalue weighted by molar-refractivity contribution is 7.13. The minimum absolute atomic E-state index is 0.0993. The van der Waals surface area contributed by atoms with Crippen molar-refractivity contribution in [1.29, 1.82) is 0 Å². The van der Waals surface area contributed by atoms with Crippen LogP contribution in [0.25, 0.3) is 0 Å². The molecule has 1 heterocycles. The first-order valence-electron chi connectivity index (χ1n) is 4.76. The van der Waals surface area contributed by atoms with Gasteiger partial charge in [-0.2, -0.15) is 0 Å². The third kappa shape index (κ3) is 3.20. The second-order valence-electron chi connectivity index (χ2n) is 3.22. The van der Waals surface area contributed by atoms with Gasteiger partial charge in [0.2, 0.25) is 0 Å². The van der Waals surface area contributed by atoms with Crippen LogP contribution < -0.4 is 11.1 Å². The van der Waals surface area contributed by atoms with Crippen molar-refractivity contribution < 1.29 is 14.7 Å². The topological polar surface area (TPSA) is 105 Å². The van der Waals surface area contributed by atoms with Gasteiger partial charge in [0.05, 0.1) is 5.92 Å². The monoisotopic (exact) mass is 243 g/mol. The summed E-state index contributed by atoms with van der Waals surface area (Å²) in [6, 6.07) is 0. The van der Waals surface area contributed by atoms with E-state index in [0.717, 1.165) is 0 Å². The summed E-state index contributed by atoms with van der Waals surface area (Å²) in [5.41, 5.74) is 5.60. The molecule has 1 amide bonds. The minimum atomic E-state index is -0.916. The lowest BCUT2D eigenvalue weighted by molar-refractivity contribution is -0.141. The largest absolute Gasteiger partial charge is 0.481 e. The van der Waals surface area contributed by atoms with E-state index in [-0.39, 0.29) is 12.2 Å². The van der Waals surface area contributed by atoms with E-state index in [1.165, 1.54) is 16.7 Å². The van der Waals surface area contributed by atoms with E-state index in [4.69, 9.17) is 10.8 Å². The number of nitrogens with two attached hydrogens (primary N) is 1. The molecule has 0 bridgehead atoms. The average Bonchev–Trinajstić information content (AvgIpc) is 2.65. The first-order chi connectivity index (χ1) is 7.54. The van der Waals surface area contributed by atoms with Crippen molar-refractivity contribution in [2.75, 3.05) is 12.3 Å². The van der Waals surface area contributed by atoms with E-state index >= 15 is 0 Å². The number of amides is 1. The Labute approximate surface area is 96.5 Å². The van der Waals surface area contributed by atoms with Crippen LogP contribution in [0, 0.1) is 5.92 Å². The molecule has 1 unspecified atom stereocenters. The molecule has 0 fully saturated rings. The fraction of sp³-hybridized carbons (Fsp3) is 0.444. The zero-order chi connectivity index (χ0) is 12.1.